The van der Waals surface area contributed by atoms with Crippen molar-refractivity contribution in [1.29, 1.82) is 0 Å². The van der Waals surface area contributed by atoms with Gasteiger partial charge in [-0.2, -0.15) is 0 Å². The Morgan fingerprint density at radius 1 is 0.297 bits per heavy atom. The Bertz CT molecular complexity index is 3410. The van der Waals surface area contributed by atoms with Crippen molar-refractivity contribution in [3.8, 4) is 55.6 Å². The average Bonchev–Trinajstić information content (AvgIpc) is 3.76. The molecule has 0 N–H and O–H groups in total. The summed E-state index contributed by atoms with van der Waals surface area (Å²) in [7, 11) is 0. The molecule has 2 aliphatic carbocycles. The summed E-state index contributed by atoms with van der Waals surface area (Å²) in [6, 6.07) is 85.3. The third kappa shape index (κ3) is 5.85. The molecule has 0 radical (unpaired) electrons. The SMILES string of the molecule is CC1(C)c2ccccc2-c2cccc(-c3ccccc3-c3ccc(N(c4ccc(-c5ccc6c(c5)C(C)(c5ccccc5)c5ccccc5-6)cc4)c4ccc5ccccc5c4)cc3)c21. The zero-order chi connectivity index (χ0) is 43.0. The maximum absolute atomic E-state index is 2.43. The highest BCUT2D eigenvalue weighted by Gasteiger charge is 2.41. The molecule has 2 aliphatic rings. The van der Waals surface area contributed by atoms with E-state index in [9.17, 15) is 0 Å². The molecule has 304 valence electrons. The Morgan fingerprint density at radius 3 is 1.52 bits per heavy atom. The van der Waals surface area contributed by atoms with Crippen LogP contribution in [0.25, 0.3) is 66.4 Å². The largest absolute Gasteiger partial charge is 0.310 e. The predicted molar refractivity (Wildman–Crippen MR) is 270 cm³/mol. The second-order valence-corrected chi connectivity index (χ2v) is 18.2. The lowest BCUT2D eigenvalue weighted by Crippen LogP contribution is -2.22. The number of hydrogen-bond donors (Lipinski definition) is 0. The topological polar surface area (TPSA) is 3.24 Å². The molecular weight excluding hydrogens is 771 g/mol. The molecule has 1 heteroatoms. The molecule has 10 aromatic carbocycles. The first-order valence-electron chi connectivity index (χ1n) is 22.5. The van der Waals surface area contributed by atoms with Crippen LogP contribution >= 0.6 is 0 Å². The van der Waals surface area contributed by atoms with E-state index in [4.69, 9.17) is 0 Å². The van der Waals surface area contributed by atoms with Crippen molar-refractivity contribution in [3.63, 3.8) is 0 Å². The van der Waals surface area contributed by atoms with Crippen LogP contribution in [-0.4, -0.2) is 0 Å². The van der Waals surface area contributed by atoms with E-state index in [2.05, 4.69) is 256 Å². The number of anilines is 3. The van der Waals surface area contributed by atoms with Gasteiger partial charge in [-0.25, -0.2) is 0 Å². The lowest BCUT2D eigenvalue weighted by molar-refractivity contribution is 0.662. The van der Waals surface area contributed by atoms with Gasteiger partial charge >= 0.3 is 0 Å². The summed E-state index contributed by atoms with van der Waals surface area (Å²) in [6.07, 6.45) is 0. The minimum absolute atomic E-state index is 0.107. The molecular formula is C63H47N. The second-order valence-electron chi connectivity index (χ2n) is 18.2. The van der Waals surface area contributed by atoms with Crippen LogP contribution in [0.4, 0.5) is 17.1 Å². The molecule has 0 fully saturated rings. The first-order chi connectivity index (χ1) is 31.4. The smallest absolute Gasteiger partial charge is 0.0468 e. The molecule has 0 heterocycles. The summed E-state index contributed by atoms with van der Waals surface area (Å²) in [5, 5.41) is 2.45. The summed E-state index contributed by atoms with van der Waals surface area (Å²) in [5.41, 5.74) is 22.5. The zero-order valence-electron chi connectivity index (χ0n) is 36.4. The summed E-state index contributed by atoms with van der Waals surface area (Å²) >= 11 is 0. The van der Waals surface area contributed by atoms with Crippen LogP contribution in [0, 0.1) is 0 Å². The van der Waals surface area contributed by atoms with Gasteiger partial charge in [0.15, 0.2) is 0 Å². The fourth-order valence-electron chi connectivity index (χ4n) is 11.2. The van der Waals surface area contributed by atoms with Gasteiger partial charge in [0, 0.05) is 27.9 Å². The lowest BCUT2D eigenvalue weighted by Gasteiger charge is -2.28. The third-order valence-electron chi connectivity index (χ3n) is 14.3. The van der Waals surface area contributed by atoms with Crippen molar-refractivity contribution < 1.29 is 0 Å². The van der Waals surface area contributed by atoms with Crippen molar-refractivity contribution in [2.24, 2.45) is 0 Å². The van der Waals surface area contributed by atoms with Gasteiger partial charge in [0.1, 0.15) is 0 Å². The first-order valence-corrected chi connectivity index (χ1v) is 22.5. The number of benzene rings is 10. The normalized spacial score (nSPS) is 15.3. The molecule has 0 aliphatic heterocycles. The summed E-state index contributed by atoms with van der Waals surface area (Å²) in [4.78, 5) is 2.39. The Balaban J connectivity index is 0.928. The highest BCUT2D eigenvalue weighted by molar-refractivity contribution is 5.94. The first kappa shape index (κ1) is 38.0. The van der Waals surface area contributed by atoms with Crippen LogP contribution in [0.2, 0.25) is 0 Å². The third-order valence-corrected chi connectivity index (χ3v) is 14.3. The minimum Gasteiger partial charge on any atom is -0.310 e. The van der Waals surface area contributed by atoms with E-state index in [0.29, 0.717) is 0 Å². The van der Waals surface area contributed by atoms with E-state index in [1.54, 1.807) is 0 Å². The molecule has 0 spiro atoms. The van der Waals surface area contributed by atoms with E-state index in [1.165, 1.54) is 94.2 Å². The van der Waals surface area contributed by atoms with Crippen LogP contribution in [0.3, 0.4) is 0 Å². The summed E-state index contributed by atoms with van der Waals surface area (Å²) in [5.74, 6) is 0. The predicted octanol–water partition coefficient (Wildman–Crippen LogP) is 17.0. The highest BCUT2D eigenvalue weighted by Crippen LogP contribution is 2.55. The molecule has 10 aromatic rings. The summed E-state index contributed by atoms with van der Waals surface area (Å²) < 4.78 is 0. The molecule has 64 heavy (non-hydrogen) atoms. The zero-order valence-corrected chi connectivity index (χ0v) is 36.4. The van der Waals surface area contributed by atoms with E-state index in [1.807, 2.05) is 0 Å². The van der Waals surface area contributed by atoms with Gasteiger partial charge in [-0.3, -0.25) is 0 Å². The molecule has 0 amide bonds. The summed E-state index contributed by atoms with van der Waals surface area (Å²) in [6.45, 7) is 7.14. The van der Waals surface area contributed by atoms with Crippen molar-refractivity contribution in [2.45, 2.75) is 31.6 Å². The minimum atomic E-state index is -0.244. The molecule has 0 saturated heterocycles. The highest BCUT2D eigenvalue weighted by atomic mass is 15.1. The maximum Gasteiger partial charge on any atom is 0.0468 e. The van der Waals surface area contributed by atoms with Gasteiger partial charge in [0.05, 0.1) is 0 Å². The standard InChI is InChI=1S/C63H47N/c1-62(2)58-26-13-11-23-54(58)57-25-15-24-56(61(57)62)52-21-10-9-20-51(52)44-31-36-49(37-32-44)64(50-38-30-42-16-7-8-17-45(42)40-50)48-34-28-43(29-35-48)46-33-39-55-53-22-12-14-27-59(53)63(3,60(55)41-46)47-18-5-4-6-19-47/h4-41H,1-3H3. The molecule has 12 rings (SSSR count). The van der Waals surface area contributed by atoms with Crippen molar-refractivity contribution in [3.05, 3.63) is 258 Å². The Hall–Kier alpha value is -7.74. The fourth-order valence-corrected chi connectivity index (χ4v) is 11.2. The van der Waals surface area contributed by atoms with E-state index in [-0.39, 0.29) is 10.8 Å². The van der Waals surface area contributed by atoms with Crippen LogP contribution in [0.15, 0.2) is 231 Å². The van der Waals surface area contributed by atoms with E-state index < -0.39 is 0 Å². The molecule has 1 atom stereocenters. The van der Waals surface area contributed by atoms with Crippen molar-refractivity contribution >= 4 is 27.8 Å². The Morgan fingerprint density at radius 2 is 0.797 bits per heavy atom. The average molecular weight is 818 g/mol. The second kappa shape index (κ2) is 14.7. The van der Waals surface area contributed by atoms with Gasteiger partial charge in [0.2, 0.25) is 0 Å². The van der Waals surface area contributed by atoms with Gasteiger partial charge in [-0.1, -0.05) is 202 Å². The number of rotatable bonds is 7. The number of nitrogens with zero attached hydrogens (tertiary/aromatic N) is 1. The van der Waals surface area contributed by atoms with Crippen LogP contribution in [-0.2, 0) is 10.8 Å². The Labute approximate surface area is 376 Å². The van der Waals surface area contributed by atoms with Gasteiger partial charge in [0.25, 0.3) is 0 Å². The van der Waals surface area contributed by atoms with Gasteiger partial charge in [-0.05, 0) is 144 Å². The van der Waals surface area contributed by atoms with Crippen LogP contribution < -0.4 is 4.90 Å². The van der Waals surface area contributed by atoms with E-state index >= 15 is 0 Å². The van der Waals surface area contributed by atoms with Crippen LogP contribution in [0.1, 0.15) is 48.6 Å². The van der Waals surface area contributed by atoms with Gasteiger partial charge in [-0.15, -0.1) is 0 Å². The van der Waals surface area contributed by atoms with Crippen LogP contribution in [0.5, 0.6) is 0 Å². The Kier molecular flexibility index (Phi) is 8.71. The lowest BCUT2D eigenvalue weighted by atomic mass is 9.74. The molecule has 1 unspecified atom stereocenters. The quantitative estimate of drug-likeness (QED) is 0.155. The van der Waals surface area contributed by atoms with Crippen molar-refractivity contribution in [1.82, 2.24) is 0 Å². The fraction of sp³-hybridized carbons (Fsp3) is 0.0794. The van der Waals surface area contributed by atoms with E-state index in [0.717, 1.165) is 17.1 Å². The number of fused-ring (bicyclic) bond motifs is 7. The molecule has 0 saturated carbocycles. The van der Waals surface area contributed by atoms with Gasteiger partial charge < -0.3 is 4.90 Å². The van der Waals surface area contributed by atoms with Crippen molar-refractivity contribution in [2.75, 3.05) is 4.90 Å². The number of hydrogen-bond acceptors (Lipinski definition) is 1. The molecule has 1 nitrogen and oxygen atoms in total. The molecule has 0 bridgehead atoms. The maximum atomic E-state index is 2.43. The molecule has 0 aromatic heterocycles. The monoisotopic (exact) mass is 817 g/mol.